The fourth-order valence-electron chi connectivity index (χ4n) is 0.752. The van der Waals surface area contributed by atoms with Crippen LogP contribution in [0.15, 0.2) is 6.07 Å². The molecule has 0 fully saturated rings. The Labute approximate surface area is 58.6 Å². The van der Waals surface area contributed by atoms with Gasteiger partial charge in [-0.15, -0.1) is 11.3 Å². The molecule has 0 radical (unpaired) electrons. The van der Waals surface area contributed by atoms with Gasteiger partial charge in [0.15, 0.2) is 0 Å². The number of nitriles is 1. The zero-order valence-corrected chi connectivity index (χ0v) is 6.25. The first-order valence-electron chi connectivity index (χ1n) is 2.71. The summed E-state index contributed by atoms with van der Waals surface area (Å²) in [6.45, 7) is 3.97. The van der Waals surface area contributed by atoms with Crippen molar-refractivity contribution in [1.29, 1.82) is 5.26 Å². The summed E-state index contributed by atoms with van der Waals surface area (Å²) in [7, 11) is 0. The molecule has 9 heavy (non-hydrogen) atoms. The van der Waals surface area contributed by atoms with Crippen molar-refractivity contribution in [2.75, 3.05) is 0 Å². The number of rotatable bonds is 0. The molecule has 0 N–H and O–H groups in total. The molecule has 1 aromatic rings. The van der Waals surface area contributed by atoms with E-state index >= 15 is 0 Å². The topological polar surface area (TPSA) is 23.8 Å². The molecule has 0 spiro atoms. The van der Waals surface area contributed by atoms with Crippen molar-refractivity contribution >= 4 is 11.3 Å². The van der Waals surface area contributed by atoms with Crippen LogP contribution in [0.1, 0.15) is 15.3 Å². The Bertz CT molecular complexity index is 254. The van der Waals surface area contributed by atoms with Crippen molar-refractivity contribution < 1.29 is 0 Å². The lowest BCUT2D eigenvalue weighted by Crippen LogP contribution is -1.65. The predicted molar refractivity (Wildman–Crippen MR) is 38.5 cm³/mol. The Balaban J connectivity index is 3.20. The van der Waals surface area contributed by atoms with Gasteiger partial charge in [0.2, 0.25) is 0 Å². The summed E-state index contributed by atoms with van der Waals surface area (Å²) in [5.74, 6) is 0. The highest BCUT2D eigenvalue weighted by atomic mass is 32.1. The number of hydrogen-bond acceptors (Lipinski definition) is 2. The smallest absolute Gasteiger partial charge is 0.110 e. The Hall–Kier alpha value is -0.810. The molecule has 0 saturated carbocycles. The van der Waals surface area contributed by atoms with Crippen LogP contribution >= 0.6 is 11.3 Å². The van der Waals surface area contributed by atoms with Crippen LogP contribution in [0.25, 0.3) is 0 Å². The molecule has 1 nitrogen and oxygen atoms in total. The van der Waals surface area contributed by atoms with Gasteiger partial charge in [-0.2, -0.15) is 5.26 Å². The molecule has 0 bridgehead atoms. The van der Waals surface area contributed by atoms with Crippen LogP contribution < -0.4 is 0 Å². The summed E-state index contributed by atoms with van der Waals surface area (Å²) in [5, 5.41) is 8.49. The quantitative estimate of drug-likeness (QED) is 0.538. The third-order valence-corrected chi connectivity index (χ3v) is 2.20. The Kier molecular flexibility index (Phi) is 1.54. The molecule has 2 heteroatoms. The second kappa shape index (κ2) is 2.20. The first kappa shape index (κ1) is 6.31. The summed E-state index contributed by atoms with van der Waals surface area (Å²) in [5.41, 5.74) is 1.10. The fourth-order valence-corrected chi connectivity index (χ4v) is 1.58. The number of thiophene rings is 1. The first-order valence-corrected chi connectivity index (χ1v) is 3.53. The molecular formula is C7H7NS. The zero-order chi connectivity index (χ0) is 6.85. The van der Waals surface area contributed by atoms with E-state index < -0.39 is 0 Å². The second-order valence-electron chi connectivity index (χ2n) is 1.98. The van der Waals surface area contributed by atoms with Crippen molar-refractivity contribution in [2.45, 2.75) is 13.8 Å². The van der Waals surface area contributed by atoms with Gasteiger partial charge in [0, 0.05) is 4.88 Å². The van der Waals surface area contributed by atoms with Crippen molar-refractivity contribution in [2.24, 2.45) is 0 Å². The highest BCUT2D eigenvalue weighted by Gasteiger charge is 1.98. The lowest BCUT2D eigenvalue weighted by Gasteiger charge is -1.76. The van der Waals surface area contributed by atoms with E-state index in [4.69, 9.17) is 5.26 Å². The molecular weight excluding hydrogens is 130 g/mol. The summed E-state index contributed by atoms with van der Waals surface area (Å²) in [4.78, 5) is 2.05. The van der Waals surface area contributed by atoms with Crippen LogP contribution in [0, 0.1) is 25.2 Å². The largest absolute Gasteiger partial charge is 0.192 e. The van der Waals surface area contributed by atoms with Crippen molar-refractivity contribution in [3.8, 4) is 6.07 Å². The van der Waals surface area contributed by atoms with E-state index in [0.29, 0.717) is 0 Å². The molecule has 0 aliphatic heterocycles. The fraction of sp³-hybridized carbons (Fsp3) is 0.286. The van der Waals surface area contributed by atoms with Gasteiger partial charge in [0.25, 0.3) is 0 Å². The normalized spacial score (nSPS) is 9.00. The molecule has 0 saturated heterocycles. The summed E-state index contributed by atoms with van der Waals surface area (Å²) < 4.78 is 0. The summed E-state index contributed by atoms with van der Waals surface area (Å²) in [6, 6.07) is 4.17. The minimum atomic E-state index is 0.840. The van der Waals surface area contributed by atoms with Gasteiger partial charge < -0.3 is 0 Å². The van der Waals surface area contributed by atoms with Crippen LogP contribution in [-0.2, 0) is 0 Å². The van der Waals surface area contributed by atoms with Gasteiger partial charge in [-0.05, 0) is 25.5 Å². The summed E-state index contributed by atoms with van der Waals surface area (Å²) >= 11 is 1.55. The van der Waals surface area contributed by atoms with E-state index in [1.54, 1.807) is 11.3 Å². The minimum absolute atomic E-state index is 0.840. The molecule has 1 aromatic heterocycles. The van der Waals surface area contributed by atoms with E-state index in [9.17, 15) is 0 Å². The molecule has 0 atom stereocenters. The molecule has 0 unspecified atom stereocenters. The van der Waals surface area contributed by atoms with Crippen molar-refractivity contribution in [3.05, 3.63) is 21.4 Å². The van der Waals surface area contributed by atoms with Gasteiger partial charge in [0.1, 0.15) is 10.9 Å². The third kappa shape index (κ3) is 1.11. The van der Waals surface area contributed by atoms with Crippen LogP contribution in [-0.4, -0.2) is 0 Å². The van der Waals surface area contributed by atoms with Gasteiger partial charge in [-0.3, -0.25) is 0 Å². The molecule has 46 valence electrons. The molecule has 1 heterocycles. The zero-order valence-electron chi connectivity index (χ0n) is 5.43. The standard InChI is InChI=1S/C7H7NS/c1-5-3-6(2)9-7(5)4-8/h3H,1-2H3. The number of nitrogens with zero attached hydrogens (tertiary/aromatic N) is 1. The SMILES string of the molecule is Cc1cc(C)c(C#N)s1. The lowest BCUT2D eigenvalue weighted by molar-refractivity contribution is 1.45. The Morgan fingerprint density at radius 3 is 2.44 bits per heavy atom. The molecule has 0 aliphatic carbocycles. The average Bonchev–Trinajstić information content (AvgIpc) is 2.10. The van der Waals surface area contributed by atoms with Crippen LogP contribution in [0.2, 0.25) is 0 Å². The highest BCUT2D eigenvalue weighted by Crippen LogP contribution is 2.18. The maximum Gasteiger partial charge on any atom is 0.110 e. The molecule has 0 aromatic carbocycles. The van der Waals surface area contributed by atoms with Crippen molar-refractivity contribution in [1.82, 2.24) is 0 Å². The van der Waals surface area contributed by atoms with Crippen LogP contribution in [0.3, 0.4) is 0 Å². The van der Waals surface area contributed by atoms with Crippen molar-refractivity contribution in [3.63, 3.8) is 0 Å². The Morgan fingerprint density at radius 2 is 2.22 bits per heavy atom. The number of hydrogen-bond donors (Lipinski definition) is 0. The van der Waals surface area contributed by atoms with E-state index in [0.717, 1.165) is 10.4 Å². The van der Waals surface area contributed by atoms with E-state index in [-0.39, 0.29) is 0 Å². The predicted octanol–water partition coefficient (Wildman–Crippen LogP) is 2.24. The lowest BCUT2D eigenvalue weighted by atomic mass is 10.3. The van der Waals surface area contributed by atoms with E-state index in [1.807, 2.05) is 19.9 Å². The Morgan fingerprint density at radius 1 is 1.56 bits per heavy atom. The molecule has 0 amide bonds. The van der Waals surface area contributed by atoms with Gasteiger partial charge in [-0.25, -0.2) is 0 Å². The van der Waals surface area contributed by atoms with E-state index in [2.05, 4.69) is 6.07 Å². The van der Waals surface area contributed by atoms with Gasteiger partial charge >= 0.3 is 0 Å². The van der Waals surface area contributed by atoms with Crippen LogP contribution in [0.5, 0.6) is 0 Å². The van der Waals surface area contributed by atoms with Gasteiger partial charge in [0.05, 0.1) is 0 Å². The van der Waals surface area contributed by atoms with Crippen LogP contribution in [0.4, 0.5) is 0 Å². The first-order chi connectivity index (χ1) is 4.24. The highest BCUT2D eigenvalue weighted by molar-refractivity contribution is 7.12. The maximum atomic E-state index is 8.49. The average molecular weight is 137 g/mol. The minimum Gasteiger partial charge on any atom is -0.192 e. The van der Waals surface area contributed by atoms with Gasteiger partial charge in [-0.1, -0.05) is 0 Å². The molecule has 0 aliphatic rings. The van der Waals surface area contributed by atoms with E-state index in [1.165, 1.54) is 4.88 Å². The maximum absolute atomic E-state index is 8.49. The number of aryl methyl sites for hydroxylation is 2. The molecule has 1 rings (SSSR count). The second-order valence-corrected chi connectivity index (χ2v) is 3.24. The third-order valence-electron chi connectivity index (χ3n) is 1.14. The summed E-state index contributed by atoms with van der Waals surface area (Å²) in [6.07, 6.45) is 0. The monoisotopic (exact) mass is 137 g/mol.